The molecule has 0 amide bonds. The number of rotatable bonds is 7. The average molecular weight is 307 g/mol. The van der Waals surface area contributed by atoms with Crippen molar-refractivity contribution in [3.8, 4) is 0 Å². The first-order valence-electron chi connectivity index (χ1n) is 8.32. The third kappa shape index (κ3) is 4.21. The lowest BCUT2D eigenvalue weighted by molar-refractivity contribution is 0.167. The Morgan fingerprint density at radius 2 is 1.95 bits per heavy atom. The van der Waals surface area contributed by atoms with Gasteiger partial charge in [-0.3, -0.25) is 0 Å². The van der Waals surface area contributed by atoms with Gasteiger partial charge in [0, 0.05) is 30.7 Å². The molecule has 2 saturated carbocycles. The van der Waals surface area contributed by atoms with Gasteiger partial charge in [0.15, 0.2) is 0 Å². The van der Waals surface area contributed by atoms with Crippen molar-refractivity contribution in [3.05, 3.63) is 34.9 Å². The van der Waals surface area contributed by atoms with Crippen LogP contribution in [0.15, 0.2) is 24.3 Å². The SMILES string of the molecule is CN(Cc1ccccc1Cl)CC1(CNC2CC2)CCCC1. The molecule has 0 atom stereocenters. The van der Waals surface area contributed by atoms with Crippen molar-refractivity contribution < 1.29 is 0 Å². The fourth-order valence-corrected chi connectivity index (χ4v) is 3.91. The predicted molar refractivity (Wildman–Crippen MR) is 89.7 cm³/mol. The summed E-state index contributed by atoms with van der Waals surface area (Å²) in [6.45, 7) is 3.33. The van der Waals surface area contributed by atoms with Gasteiger partial charge in [0.25, 0.3) is 0 Å². The number of benzene rings is 1. The molecule has 0 radical (unpaired) electrons. The van der Waals surface area contributed by atoms with E-state index < -0.39 is 0 Å². The molecule has 21 heavy (non-hydrogen) atoms. The number of nitrogens with one attached hydrogen (secondary N) is 1. The maximum absolute atomic E-state index is 6.29. The molecule has 2 aliphatic rings. The zero-order valence-electron chi connectivity index (χ0n) is 13.1. The van der Waals surface area contributed by atoms with E-state index in [1.807, 2.05) is 12.1 Å². The van der Waals surface area contributed by atoms with Gasteiger partial charge in [0.1, 0.15) is 0 Å². The molecule has 1 N–H and O–H groups in total. The molecule has 1 aromatic carbocycles. The molecule has 2 nitrogen and oxygen atoms in total. The monoisotopic (exact) mass is 306 g/mol. The molecule has 3 rings (SSSR count). The fourth-order valence-electron chi connectivity index (χ4n) is 3.71. The Balaban J connectivity index is 1.58. The van der Waals surface area contributed by atoms with E-state index in [1.165, 1.54) is 57.2 Å². The Morgan fingerprint density at radius 3 is 2.62 bits per heavy atom. The second-order valence-corrected chi connectivity index (χ2v) is 7.53. The summed E-state index contributed by atoms with van der Waals surface area (Å²) >= 11 is 6.29. The largest absolute Gasteiger partial charge is 0.313 e. The lowest BCUT2D eigenvalue weighted by Gasteiger charge is -2.34. The average Bonchev–Trinajstić information content (AvgIpc) is 3.19. The highest BCUT2D eigenvalue weighted by atomic mass is 35.5. The highest BCUT2D eigenvalue weighted by molar-refractivity contribution is 6.31. The van der Waals surface area contributed by atoms with Gasteiger partial charge < -0.3 is 10.2 Å². The molecular formula is C18H27ClN2. The van der Waals surface area contributed by atoms with E-state index in [9.17, 15) is 0 Å². The Bertz CT molecular complexity index is 464. The molecule has 0 bridgehead atoms. The molecule has 0 unspecified atom stereocenters. The summed E-state index contributed by atoms with van der Waals surface area (Å²) in [4.78, 5) is 2.46. The summed E-state index contributed by atoms with van der Waals surface area (Å²) in [7, 11) is 2.24. The van der Waals surface area contributed by atoms with Crippen LogP contribution in [-0.2, 0) is 6.54 Å². The summed E-state index contributed by atoms with van der Waals surface area (Å²) < 4.78 is 0. The van der Waals surface area contributed by atoms with Gasteiger partial charge in [0.2, 0.25) is 0 Å². The first-order chi connectivity index (χ1) is 10.2. The molecule has 0 aromatic heterocycles. The highest BCUT2D eigenvalue weighted by Gasteiger charge is 2.36. The molecular weight excluding hydrogens is 280 g/mol. The van der Waals surface area contributed by atoms with E-state index in [4.69, 9.17) is 11.6 Å². The van der Waals surface area contributed by atoms with Crippen molar-refractivity contribution >= 4 is 11.6 Å². The molecule has 1 aromatic rings. The van der Waals surface area contributed by atoms with E-state index in [0.29, 0.717) is 5.41 Å². The number of nitrogens with zero attached hydrogens (tertiary/aromatic N) is 1. The summed E-state index contributed by atoms with van der Waals surface area (Å²) in [6.07, 6.45) is 8.30. The van der Waals surface area contributed by atoms with Crippen LogP contribution in [0.4, 0.5) is 0 Å². The number of hydrogen-bond acceptors (Lipinski definition) is 2. The molecule has 0 aliphatic heterocycles. The molecule has 2 aliphatic carbocycles. The van der Waals surface area contributed by atoms with E-state index in [1.54, 1.807) is 0 Å². The van der Waals surface area contributed by atoms with Gasteiger partial charge in [-0.05, 0) is 49.8 Å². The third-order valence-corrected chi connectivity index (χ3v) is 5.38. The normalized spacial score (nSPS) is 21.1. The summed E-state index contributed by atoms with van der Waals surface area (Å²) in [5.41, 5.74) is 1.73. The molecule has 0 spiro atoms. The van der Waals surface area contributed by atoms with E-state index in [-0.39, 0.29) is 0 Å². The van der Waals surface area contributed by atoms with Gasteiger partial charge in [0.05, 0.1) is 0 Å². The minimum absolute atomic E-state index is 0.485. The third-order valence-electron chi connectivity index (χ3n) is 5.01. The van der Waals surface area contributed by atoms with Gasteiger partial charge >= 0.3 is 0 Å². The molecule has 3 heteroatoms. The first-order valence-corrected chi connectivity index (χ1v) is 8.70. The lowest BCUT2D eigenvalue weighted by atomic mass is 9.85. The quantitative estimate of drug-likeness (QED) is 0.816. The van der Waals surface area contributed by atoms with Crippen LogP contribution >= 0.6 is 11.6 Å². The molecule has 2 fully saturated rings. The first kappa shape index (κ1) is 15.3. The number of halogens is 1. The van der Waals surface area contributed by atoms with E-state index >= 15 is 0 Å². The second kappa shape index (κ2) is 6.68. The molecule has 0 heterocycles. The van der Waals surface area contributed by atoms with E-state index in [0.717, 1.165) is 17.6 Å². The molecule has 116 valence electrons. The second-order valence-electron chi connectivity index (χ2n) is 7.13. The van der Waals surface area contributed by atoms with Crippen molar-refractivity contribution in [2.75, 3.05) is 20.1 Å². The van der Waals surface area contributed by atoms with Crippen molar-refractivity contribution in [1.29, 1.82) is 0 Å². The van der Waals surface area contributed by atoms with Crippen LogP contribution in [0.25, 0.3) is 0 Å². The van der Waals surface area contributed by atoms with Crippen LogP contribution in [0.2, 0.25) is 5.02 Å². The van der Waals surface area contributed by atoms with Crippen LogP contribution in [-0.4, -0.2) is 31.1 Å². The Morgan fingerprint density at radius 1 is 1.24 bits per heavy atom. The fraction of sp³-hybridized carbons (Fsp3) is 0.667. The Hall–Kier alpha value is -0.570. The van der Waals surface area contributed by atoms with Crippen molar-refractivity contribution in [2.24, 2.45) is 5.41 Å². The topological polar surface area (TPSA) is 15.3 Å². The highest BCUT2D eigenvalue weighted by Crippen LogP contribution is 2.39. The summed E-state index contributed by atoms with van der Waals surface area (Å²) in [5.74, 6) is 0. The van der Waals surface area contributed by atoms with E-state index in [2.05, 4.69) is 29.4 Å². The number of hydrogen-bond donors (Lipinski definition) is 1. The van der Waals surface area contributed by atoms with Crippen molar-refractivity contribution in [3.63, 3.8) is 0 Å². The van der Waals surface area contributed by atoms with Crippen molar-refractivity contribution in [1.82, 2.24) is 10.2 Å². The molecule has 0 saturated heterocycles. The smallest absolute Gasteiger partial charge is 0.0451 e. The Kier molecular flexibility index (Phi) is 4.88. The minimum atomic E-state index is 0.485. The maximum Gasteiger partial charge on any atom is 0.0451 e. The van der Waals surface area contributed by atoms with Gasteiger partial charge in [-0.25, -0.2) is 0 Å². The van der Waals surface area contributed by atoms with Crippen molar-refractivity contribution in [2.45, 2.75) is 51.1 Å². The van der Waals surface area contributed by atoms with Gasteiger partial charge in [-0.15, -0.1) is 0 Å². The van der Waals surface area contributed by atoms with Crippen LogP contribution in [0, 0.1) is 5.41 Å². The lowest BCUT2D eigenvalue weighted by Crippen LogP contribution is -2.41. The predicted octanol–water partition coefficient (Wildman–Crippen LogP) is 4.08. The van der Waals surface area contributed by atoms with Gasteiger partial charge in [-0.1, -0.05) is 42.6 Å². The zero-order valence-corrected chi connectivity index (χ0v) is 13.8. The van der Waals surface area contributed by atoms with Crippen LogP contribution in [0.1, 0.15) is 44.1 Å². The Labute approximate surface area is 133 Å². The van der Waals surface area contributed by atoms with Crippen LogP contribution in [0.3, 0.4) is 0 Å². The minimum Gasteiger partial charge on any atom is -0.313 e. The summed E-state index contributed by atoms with van der Waals surface area (Å²) in [5, 5.41) is 4.66. The summed E-state index contributed by atoms with van der Waals surface area (Å²) in [6, 6.07) is 9.03. The zero-order chi connectivity index (χ0) is 14.7. The van der Waals surface area contributed by atoms with Gasteiger partial charge in [-0.2, -0.15) is 0 Å². The van der Waals surface area contributed by atoms with Crippen LogP contribution in [0.5, 0.6) is 0 Å². The maximum atomic E-state index is 6.29. The van der Waals surface area contributed by atoms with Crippen LogP contribution < -0.4 is 5.32 Å². The standard InChI is InChI=1S/C18H27ClN2/c1-21(12-15-6-2-3-7-17(15)19)14-18(10-4-5-11-18)13-20-16-8-9-16/h2-3,6-7,16,20H,4-5,8-14H2,1H3.